The lowest BCUT2D eigenvalue weighted by atomic mass is 9.98. The van der Waals surface area contributed by atoms with Gasteiger partial charge >= 0.3 is 5.97 Å². The third-order valence-corrected chi connectivity index (χ3v) is 6.55. The maximum Gasteiger partial charge on any atom is 0.326 e. The third-order valence-electron chi connectivity index (χ3n) is 6.55. The van der Waals surface area contributed by atoms with Gasteiger partial charge in [-0.2, -0.15) is 0 Å². The number of rotatable bonds is 9. The quantitative estimate of drug-likeness (QED) is 0.209. The van der Waals surface area contributed by atoms with E-state index in [4.69, 9.17) is 4.42 Å². The van der Waals surface area contributed by atoms with Crippen molar-refractivity contribution in [2.24, 2.45) is 0 Å². The van der Waals surface area contributed by atoms with Crippen molar-refractivity contribution in [3.05, 3.63) is 101 Å². The Bertz CT molecular complexity index is 1600. The molecule has 9 heteroatoms. The smallest absolute Gasteiger partial charge is 0.326 e. The number of benzene rings is 3. The molecule has 0 aliphatic carbocycles. The second-order valence-electron chi connectivity index (χ2n) is 9.62. The molecule has 1 amide bonds. The van der Waals surface area contributed by atoms with Crippen LogP contribution < -0.4 is 10.6 Å². The number of hydrogen-bond acceptors (Lipinski definition) is 6. The fourth-order valence-electron chi connectivity index (χ4n) is 4.74. The summed E-state index contributed by atoms with van der Waals surface area (Å²) in [6, 6.07) is 17.9. The summed E-state index contributed by atoms with van der Waals surface area (Å²) in [5.74, 6) is -0.341. The summed E-state index contributed by atoms with van der Waals surface area (Å²) in [6.45, 7) is 6.03. The number of nitrogens with one attached hydrogen (secondary N) is 3. The molecule has 1 unspecified atom stereocenters. The molecule has 1 atom stereocenters. The molecule has 198 valence electrons. The molecule has 0 saturated heterocycles. The fourth-order valence-corrected chi connectivity index (χ4v) is 4.74. The Kier molecular flexibility index (Phi) is 7.14. The van der Waals surface area contributed by atoms with Gasteiger partial charge in [0, 0.05) is 17.5 Å². The number of para-hydroxylation sites is 2. The molecule has 5 rings (SSSR count). The lowest BCUT2D eigenvalue weighted by molar-refractivity contribution is -0.139. The van der Waals surface area contributed by atoms with Crippen molar-refractivity contribution < 1.29 is 19.1 Å². The number of imidazole rings is 1. The second-order valence-corrected chi connectivity index (χ2v) is 9.62. The first kappa shape index (κ1) is 25.7. The van der Waals surface area contributed by atoms with Gasteiger partial charge < -0.3 is 25.1 Å². The maximum absolute atomic E-state index is 12.9. The summed E-state index contributed by atoms with van der Waals surface area (Å²) in [7, 11) is 0. The van der Waals surface area contributed by atoms with Gasteiger partial charge in [0.15, 0.2) is 0 Å². The number of aromatic amines is 1. The lowest BCUT2D eigenvalue weighted by Gasteiger charge is -2.17. The predicted molar refractivity (Wildman–Crippen MR) is 149 cm³/mol. The van der Waals surface area contributed by atoms with Crippen molar-refractivity contribution in [2.75, 3.05) is 5.32 Å². The van der Waals surface area contributed by atoms with Crippen LogP contribution in [-0.2, 0) is 17.8 Å². The maximum atomic E-state index is 12.9. The Morgan fingerprint density at radius 1 is 1.00 bits per heavy atom. The molecular weight excluding hydrogens is 494 g/mol. The minimum Gasteiger partial charge on any atom is -0.480 e. The van der Waals surface area contributed by atoms with Crippen molar-refractivity contribution in [1.82, 2.24) is 20.3 Å². The number of carboxylic acid groups (broad SMARTS) is 1. The number of aliphatic carboxylic acids is 1. The topological polar surface area (TPSA) is 133 Å². The Hall–Kier alpha value is -4.92. The first-order chi connectivity index (χ1) is 18.8. The number of hydrogen-bond donors (Lipinski definition) is 4. The number of nitrogens with zero attached hydrogens (tertiary/aromatic N) is 2. The molecule has 2 aromatic heterocycles. The highest BCUT2D eigenvalue weighted by molar-refractivity contribution is 5.99. The SMILES string of the molecule is Cc1cc(C)c(C(=O)NC(Cc2ccc(-c3coc(CNc4nc5ccccc5[nH]4)n3)cc2)C(=O)O)c(C)c1. The number of amides is 1. The second kappa shape index (κ2) is 10.8. The zero-order valence-electron chi connectivity index (χ0n) is 21.9. The number of aromatic nitrogens is 3. The van der Waals surface area contributed by atoms with Crippen LogP contribution in [0.15, 0.2) is 71.3 Å². The van der Waals surface area contributed by atoms with Gasteiger partial charge in [0.2, 0.25) is 11.8 Å². The Labute approximate surface area is 225 Å². The van der Waals surface area contributed by atoms with E-state index in [1.807, 2.05) is 81.4 Å². The molecule has 0 aliphatic rings. The van der Waals surface area contributed by atoms with Crippen LogP contribution in [0.2, 0.25) is 0 Å². The number of carbonyl (C=O) groups is 2. The normalized spacial score (nSPS) is 11.9. The molecule has 2 heterocycles. The molecule has 39 heavy (non-hydrogen) atoms. The predicted octanol–water partition coefficient (Wildman–Crippen LogP) is 5.18. The fraction of sp³-hybridized carbons (Fsp3) is 0.200. The van der Waals surface area contributed by atoms with Crippen molar-refractivity contribution >= 4 is 28.9 Å². The van der Waals surface area contributed by atoms with Crippen molar-refractivity contribution in [1.29, 1.82) is 0 Å². The van der Waals surface area contributed by atoms with Gasteiger partial charge in [0.05, 0.1) is 17.6 Å². The summed E-state index contributed by atoms with van der Waals surface area (Å²) in [6.07, 6.45) is 1.73. The molecule has 3 aromatic carbocycles. The number of carboxylic acids is 1. The Morgan fingerprint density at radius 3 is 2.41 bits per heavy atom. The molecule has 4 N–H and O–H groups in total. The molecule has 0 fully saturated rings. The average molecular weight is 524 g/mol. The number of aryl methyl sites for hydroxylation is 3. The van der Waals surface area contributed by atoms with E-state index in [1.165, 1.54) is 0 Å². The summed E-state index contributed by atoms with van der Waals surface area (Å²) < 4.78 is 5.61. The van der Waals surface area contributed by atoms with E-state index in [-0.39, 0.29) is 12.3 Å². The largest absolute Gasteiger partial charge is 0.480 e. The van der Waals surface area contributed by atoms with E-state index in [0.717, 1.165) is 38.9 Å². The van der Waals surface area contributed by atoms with Crippen LogP contribution in [0.5, 0.6) is 0 Å². The highest BCUT2D eigenvalue weighted by atomic mass is 16.4. The number of oxazole rings is 1. The van der Waals surface area contributed by atoms with Gasteiger partial charge in [-0.15, -0.1) is 0 Å². The number of H-pyrrole nitrogens is 1. The number of anilines is 1. The van der Waals surface area contributed by atoms with Gasteiger partial charge in [-0.25, -0.2) is 14.8 Å². The zero-order valence-corrected chi connectivity index (χ0v) is 21.9. The van der Waals surface area contributed by atoms with Gasteiger partial charge in [-0.3, -0.25) is 4.79 Å². The average Bonchev–Trinajstić information content (AvgIpc) is 3.54. The highest BCUT2D eigenvalue weighted by Crippen LogP contribution is 2.21. The highest BCUT2D eigenvalue weighted by Gasteiger charge is 2.23. The van der Waals surface area contributed by atoms with Crippen LogP contribution in [0.1, 0.15) is 38.5 Å². The van der Waals surface area contributed by atoms with Crippen LogP contribution >= 0.6 is 0 Å². The third kappa shape index (κ3) is 5.82. The Balaban J connectivity index is 1.22. The number of fused-ring (bicyclic) bond motifs is 1. The standard InChI is InChI=1S/C30H29N5O4/c1-17-12-18(2)27(19(3)13-17)28(36)33-24(29(37)38)14-20-8-10-21(11-9-20)25-16-39-26(32-25)15-31-30-34-22-6-4-5-7-23(22)35-30/h4-13,16,24H,14-15H2,1-3H3,(H,33,36)(H,37,38)(H2,31,34,35). The molecule has 0 spiro atoms. The van der Waals surface area contributed by atoms with Crippen molar-refractivity contribution in [3.63, 3.8) is 0 Å². The molecule has 0 saturated carbocycles. The monoisotopic (exact) mass is 523 g/mol. The zero-order chi connectivity index (χ0) is 27.5. The summed E-state index contributed by atoms with van der Waals surface area (Å²) >= 11 is 0. The minimum absolute atomic E-state index is 0.150. The van der Waals surface area contributed by atoms with Crippen LogP contribution in [0.4, 0.5) is 5.95 Å². The van der Waals surface area contributed by atoms with E-state index >= 15 is 0 Å². The van der Waals surface area contributed by atoms with E-state index in [0.29, 0.717) is 29.6 Å². The van der Waals surface area contributed by atoms with Gasteiger partial charge in [0.25, 0.3) is 5.91 Å². The summed E-state index contributed by atoms with van der Waals surface area (Å²) in [5, 5.41) is 15.6. The molecule has 0 aliphatic heterocycles. The first-order valence-electron chi connectivity index (χ1n) is 12.6. The van der Waals surface area contributed by atoms with Crippen LogP contribution in [0.3, 0.4) is 0 Å². The summed E-state index contributed by atoms with van der Waals surface area (Å²) in [4.78, 5) is 37.1. The van der Waals surface area contributed by atoms with E-state index in [2.05, 4.69) is 25.6 Å². The van der Waals surface area contributed by atoms with Gasteiger partial charge in [-0.1, -0.05) is 54.1 Å². The molecule has 0 radical (unpaired) electrons. The van der Waals surface area contributed by atoms with Crippen molar-refractivity contribution in [3.8, 4) is 11.3 Å². The van der Waals surface area contributed by atoms with Crippen molar-refractivity contribution in [2.45, 2.75) is 39.8 Å². The summed E-state index contributed by atoms with van der Waals surface area (Å²) in [5.41, 5.74) is 7.29. The molecular formula is C30H29N5O4. The van der Waals surface area contributed by atoms with Crippen LogP contribution in [-0.4, -0.2) is 38.0 Å². The van der Waals surface area contributed by atoms with Crippen LogP contribution in [0, 0.1) is 20.8 Å². The molecule has 5 aromatic rings. The van der Waals surface area contributed by atoms with E-state index < -0.39 is 12.0 Å². The first-order valence-corrected chi connectivity index (χ1v) is 12.6. The van der Waals surface area contributed by atoms with Gasteiger partial charge in [-0.05, 0) is 49.6 Å². The minimum atomic E-state index is -1.09. The van der Waals surface area contributed by atoms with Gasteiger partial charge in [0.1, 0.15) is 18.0 Å². The van der Waals surface area contributed by atoms with Crippen LogP contribution in [0.25, 0.3) is 22.3 Å². The number of carbonyl (C=O) groups excluding carboxylic acids is 1. The molecule has 9 nitrogen and oxygen atoms in total. The van der Waals surface area contributed by atoms with E-state index in [1.54, 1.807) is 6.26 Å². The molecule has 0 bridgehead atoms. The van der Waals surface area contributed by atoms with E-state index in [9.17, 15) is 14.7 Å². The lowest BCUT2D eigenvalue weighted by Crippen LogP contribution is -2.42. The Morgan fingerprint density at radius 2 is 1.72 bits per heavy atom.